The molecule has 9 heteroatoms. The van der Waals surface area contributed by atoms with Crippen LogP contribution in [0.5, 0.6) is 0 Å². The fourth-order valence-electron chi connectivity index (χ4n) is 3.26. The molecular formula is C19H19ClFN5OS. The topological polar surface area (TPSA) is 61.4 Å². The number of carbonyl (C=O) groups excluding carboxylic acids is 1. The Kier molecular flexibility index (Phi) is 5.82. The zero-order valence-electron chi connectivity index (χ0n) is 15.1. The predicted molar refractivity (Wildman–Crippen MR) is 109 cm³/mol. The summed E-state index contributed by atoms with van der Waals surface area (Å²) in [7, 11) is 0. The molecule has 2 aromatic carbocycles. The highest BCUT2D eigenvalue weighted by Gasteiger charge is 2.20. The van der Waals surface area contributed by atoms with Gasteiger partial charge in [0.15, 0.2) is 0 Å². The van der Waals surface area contributed by atoms with E-state index in [9.17, 15) is 9.18 Å². The van der Waals surface area contributed by atoms with Gasteiger partial charge in [0.2, 0.25) is 5.91 Å². The van der Waals surface area contributed by atoms with Gasteiger partial charge in [-0.05, 0) is 35.9 Å². The third-order valence-corrected chi connectivity index (χ3v) is 5.69. The van der Waals surface area contributed by atoms with Gasteiger partial charge in [-0.1, -0.05) is 17.7 Å². The van der Waals surface area contributed by atoms with E-state index in [1.165, 1.54) is 12.1 Å². The Morgan fingerprint density at radius 2 is 1.82 bits per heavy atom. The molecule has 3 aromatic rings. The Hall–Kier alpha value is -2.13. The largest absolute Gasteiger partial charge is 0.325 e. The van der Waals surface area contributed by atoms with Crippen LogP contribution in [-0.4, -0.2) is 57.2 Å². The minimum atomic E-state index is -0.324. The summed E-state index contributed by atoms with van der Waals surface area (Å²) in [5, 5.41) is 3.38. The highest BCUT2D eigenvalue weighted by atomic mass is 35.5. The fourth-order valence-corrected chi connectivity index (χ4v) is 4.00. The number of benzene rings is 2. The van der Waals surface area contributed by atoms with Crippen molar-refractivity contribution in [2.45, 2.75) is 6.54 Å². The first-order valence-corrected chi connectivity index (χ1v) is 10.1. The highest BCUT2D eigenvalue weighted by Crippen LogP contribution is 2.20. The molecule has 0 aliphatic carbocycles. The zero-order chi connectivity index (χ0) is 19.5. The van der Waals surface area contributed by atoms with E-state index in [-0.39, 0.29) is 11.7 Å². The van der Waals surface area contributed by atoms with Crippen LogP contribution in [0.4, 0.5) is 10.1 Å². The lowest BCUT2D eigenvalue weighted by molar-refractivity contribution is -0.117. The smallest absolute Gasteiger partial charge is 0.238 e. The van der Waals surface area contributed by atoms with Gasteiger partial charge in [0.25, 0.3) is 0 Å². The van der Waals surface area contributed by atoms with Crippen molar-refractivity contribution in [3.8, 4) is 0 Å². The van der Waals surface area contributed by atoms with Crippen LogP contribution in [-0.2, 0) is 11.3 Å². The maximum absolute atomic E-state index is 13.2. The molecule has 0 spiro atoms. The normalized spacial score (nSPS) is 15.8. The van der Waals surface area contributed by atoms with E-state index in [1.54, 1.807) is 6.07 Å². The minimum Gasteiger partial charge on any atom is -0.325 e. The number of rotatable bonds is 5. The zero-order valence-corrected chi connectivity index (χ0v) is 16.6. The van der Waals surface area contributed by atoms with Crippen LogP contribution in [0.25, 0.3) is 11.0 Å². The number of hydrogen-bond acceptors (Lipinski definition) is 6. The Morgan fingerprint density at radius 1 is 1.07 bits per heavy atom. The number of halogens is 2. The lowest BCUT2D eigenvalue weighted by Crippen LogP contribution is -2.48. The number of fused-ring (bicyclic) bond motifs is 1. The molecule has 0 radical (unpaired) electrons. The van der Waals surface area contributed by atoms with Crippen molar-refractivity contribution >= 4 is 46.0 Å². The van der Waals surface area contributed by atoms with Gasteiger partial charge in [-0.15, -0.1) is 0 Å². The van der Waals surface area contributed by atoms with Crippen LogP contribution in [0.2, 0.25) is 5.02 Å². The average molecular weight is 420 g/mol. The van der Waals surface area contributed by atoms with Crippen LogP contribution >= 0.6 is 23.3 Å². The first-order chi connectivity index (χ1) is 13.6. The van der Waals surface area contributed by atoms with Gasteiger partial charge < -0.3 is 5.32 Å². The molecule has 1 N–H and O–H groups in total. The number of amides is 1. The Bertz CT molecular complexity index is 989. The Morgan fingerprint density at radius 3 is 2.61 bits per heavy atom. The summed E-state index contributed by atoms with van der Waals surface area (Å²) in [5.74, 6) is -0.368. The molecule has 0 unspecified atom stereocenters. The Labute approximate surface area is 171 Å². The maximum Gasteiger partial charge on any atom is 0.238 e. The van der Waals surface area contributed by atoms with E-state index in [2.05, 4.69) is 23.9 Å². The van der Waals surface area contributed by atoms with Crippen molar-refractivity contribution in [2.24, 2.45) is 0 Å². The molecule has 1 aliphatic rings. The van der Waals surface area contributed by atoms with Crippen molar-refractivity contribution in [3.05, 3.63) is 52.8 Å². The van der Waals surface area contributed by atoms with Crippen molar-refractivity contribution < 1.29 is 9.18 Å². The third kappa shape index (κ3) is 4.64. The summed E-state index contributed by atoms with van der Waals surface area (Å²) in [6.45, 7) is 4.27. The van der Waals surface area contributed by atoms with Crippen molar-refractivity contribution in [2.75, 3.05) is 38.0 Å². The molecule has 2 heterocycles. The summed E-state index contributed by atoms with van der Waals surface area (Å²) >= 11 is 7.27. The number of piperazine rings is 1. The van der Waals surface area contributed by atoms with Gasteiger partial charge in [0.1, 0.15) is 16.9 Å². The lowest BCUT2D eigenvalue weighted by Gasteiger charge is -2.34. The molecule has 146 valence electrons. The van der Waals surface area contributed by atoms with Crippen LogP contribution in [0.3, 0.4) is 0 Å². The molecule has 0 saturated carbocycles. The molecular weight excluding hydrogens is 401 g/mol. The van der Waals surface area contributed by atoms with Gasteiger partial charge in [0.05, 0.1) is 18.3 Å². The first kappa shape index (κ1) is 19.2. The molecule has 4 rings (SSSR count). The Balaban J connectivity index is 1.26. The van der Waals surface area contributed by atoms with Gasteiger partial charge in [-0.3, -0.25) is 14.6 Å². The summed E-state index contributed by atoms with van der Waals surface area (Å²) in [5.41, 5.74) is 3.27. The van der Waals surface area contributed by atoms with E-state index < -0.39 is 0 Å². The fraction of sp³-hybridized carbons (Fsp3) is 0.316. The van der Waals surface area contributed by atoms with Gasteiger partial charge in [0, 0.05) is 43.4 Å². The number of anilines is 1. The van der Waals surface area contributed by atoms with Crippen molar-refractivity contribution in [1.29, 1.82) is 0 Å². The molecule has 1 aromatic heterocycles. The number of aromatic nitrogens is 2. The van der Waals surface area contributed by atoms with Crippen LogP contribution in [0, 0.1) is 5.82 Å². The standard InChI is InChI=1S/C19H19ClFN5OS/c20-16-9-14(21)2-1-13(16)11-25-5-7-26(8-6-25)12-19(27)22-15-3-4-17-18(10-15)24-28-23-17/h1-4,9-10H,5-8,11-12H2,(H,22,27). The summed E-state index contributed by atoms with van der Waals surface area (Å²) in [6.07, 6.45) is 0. The lowest BCUT2D eigenvalue weighted by atomic mass is 10.2. The SMILES string of the molecule is O=C(CN1CCN(Cc2ccc(F)cc2Cl)CC1)Nc1ccc2nsnc2c1. The molecule has 1 amide bonds. The van der Waals surface area contributed by atoms with Gasteiger partial charge in [-0.25, -0.2) is 4.39 Å². The second kappa shape index (κ2) is 8.48. The molecule has 6 nitrogen and oxygen atoms in total. The first-order valence-electron chi connectivity index (χ1n) is 8.97. The predicted octanol–water partition coefficient (Wildman–Crippen LogP) is 3.24. The second-order valence-corrected chi connectivity index (χ2v) is 7.74. The van der Waals surface area contributed by atoms with E-state index >= 15 is 0 Å². The van der Waals surface area contributed by atoms with Crippen LogP contribution in [0.15, 0.2) is 36.4 Å². The van der Waals surface area contributed by atoms with Crippen LogP contribution < -0.4 is 5.32 Å². The molecule has 0 bridgehead atoms. The molecule has 1 saturated heterocycles. The monoisotopic (exact) mass is 419 g/mol. The summed E-state index contributed by atoms with van der Waals surface area (Å²) in [6, 6.07) is 10.0. The summed E-state index contributed by atoms with van der Waals surface area (Å²) < 4.78 is 21.5. The van der Waals surface area contributed by atoms with Crippen molar-refractivity contribution in [1.82, 2.24) is 18.5 Å². The quantitative estimate of drug-likeness (QED) is 0.688. The molecule has 0 atom stereocenters. The molecule has 28 heavy (non-hydrogen) atoms. The van der Waals surface area contributed by atoms with Gasteiger partial charge in [-0.2, -0.15) is 8.75 Å². The minimum absolute atomic E-state index is 0.0439. The van der Waals surface area contributed by atoms with E-state index in [4.69, 9.17) is 11.6 Å². The second-order valence-electron chi connectivity index (χ2n) is 6.80. The van der Waals surface area contributed by atoms with Crippen LogP contribution in [0.1, 0.15) is 5.56 Å². The summed E-state index contributed by atoms with van der Waals surface area (Å²) in [4.78, 5) is 16.7. The van der Waals surface area contributed by atoms with Crippen molar-refractivity contribution in [3.63, 3.8) is 0 Å². The number of nitrogens with one attached hydrogen (secondary N) is 1. The number of carbonyl (C=O) groups is 1. The number of hydrogen-bond donors (Lipinski definition) is 1. The molecule has 1 aliphatic heterocycles. The van der Waals surface area contributed by atoms with E-state index in [0.29, 0.717) is 18.1 Å². The third-order valence-electron chi connectivity index (χ3n) is 4.78. The van der Waals surface area contributed by atoms with E-state index in [1.807, 2.05) is 18.2 Å². The maximum atomic E-state index is 13.2. The molecule has 1 fully saturated rings. The highest BCUT2D eigenvalue weighted by molar-refractivity contribution is 7.00. The van der Waals surface area contributed by atoms with E-state index in [0.717, 1.165) is 60.2 Å². The number of nitrogens with zero attached hydrogens (tertiary/aromatic N) is 4. The average Bonchev–Trinajstić information content (AvgIpc) is 3.13. The van der Waals surface area contributed by atoms with Gasteiger partial charge >= 0.3 is 0 Å².